The Labute approximate surface area is 176 Å². The molecule has 0 aliphatic carbocycles. The van der Waals surface area contributed by atoms with E-state index in [4.69, 9.17) is 4.74 Å². The molecule has 0 radical (unpaired) electrons. The van der Waals surface area contributed by atoms with Gasteiger partial charge in [0.15, 0.2) is 11.5 Å². The van der Waals surface area contributed by atoms with E-state index >= 15 is 0 Å². The lowest BCUT2D eigenvalue weighted by Gasteiger charge is -2.33. The standard InChI is InChI=1S/C26H21N3O/c1-28(21-10-4-2-5-11-21)27-19-20-16-17-24-26(18-20)30-25-15-9-8-14-23(25)29(24)22-12-6-3-7-13-22/h2-19H,1H3. The zero-order valence-corrected chi connectivity index (χ0v) is 16.6. The third-order valence-electron chi connectivity index (χ3n) is 5.08. The number of fused-ring (bicyclic) bond motifs is 2. The van der Waals surface area contributed by atoms with Gasteiger partial charge in [-0.15, -0.1) is 0 Å². The van der Waals surface area contributed by atoms with Crippen LogP contribution in [0.1, 0.15) is 5.56 Å². The van der Waals surface area contributed by atoms with Crippen LogP contribution < -0.4 is 14.6 Å². The maximum absolute atomic E-state index is 6.24. The summed E-state index contributed by atoms with van der Waals surface area (Å²) in [6.45, 7) is 0. The molecule has 0 amide bonds. The second-order valence-electron chi connectivity index (χ2n) is 7.07. The minimum Gasteiger partial charge on any atom is -0.453 e. The van der Waals surface area contributed by atoms with Crippen LogP contribution in [0.25, 0.3) is 0 Å². The number of ether oxygens (including phenoxy) is 1. The highest BCUT2D eigenvalue weighted by atomic mass is 16.5. The van der Waals surface area contributed by atoms with Gasteiger partial charge >= 0.3 is 0 Å². The van der Waals surface area contributed by atoms with Crippen molar-refractivity contribution in [3.8, 4) is 11.5 Å². The van der Waals surface area contributed by atoms with Crippen molar-refractivity contribution in [3.05, 3.63) is 109 Å². The molecule has 0 saturated heterocycles. The maximum Gasteiger partial charge on any atom is 0.152 e. The van der Waals surface area contributed by atoms with Crippen LogP contribution in [0, 0.1) is 0 Å². The zero-order chi connectivity index (χ0) is 20.3. The first kappa shape index (κ1) is 18.0. The fourth-order valence-corrected chi connectivity index (χ4v) is 3.57. The molecule has 1 aliphatic heterocycles. The normalized spacial score (nSPS) is 12.2. The molecule has 1 aliphatic rings. The number of benzene rings is 4. The molecule has 30 heavy (non-hydrogen) atoms. The van der Waals surface area contributed by atoms with E-state index in [2.05, 4.69) is 40.3 Å². The van der Waals surface area contributed by atoms with Crippen molar-refractivity contribution < 1.29 is 4.74 Å². The van der Waals surface area contributed by atoms with Crippen LogP contribution in [0.5, 0.6) is 11.5 Å². The second-order valence-corrected chi connectivity index (χ2v) is 7.07. The van der Waals surface area contributed by atoms with E-state index in [1.165, 1.54) is 0 Å². The monoisotopic (exact) mass is 391 g/mol. The van der Waals surface area contributed by atoms with E-state index in [1.807, 2.05) is 91.1 Å². The number of anilines is 4. The molecule has 0 aromatic heterocycles. The lowest BCUT2D eigenvalue weighted by molar-refractivity contribution is 0.477. The summed E-state index contributed by atoms with van der Waals surface area (Å²) < 4.78 is 6.24. The van der Waals surface area contributed by atoms with Crippen molar-refractivity contribution >= 4 is 29.0 Å². The van der Waals surface area contributed by atoms with E-state index in [0.717, 1.165) is 39.8 Å². The van der Waals surface area contributed by atoms with Gasteiger partial charge < -0.3 is 9.64 Å². The number of rotatable bonds is 4. The first-order chi connectivity index (χ1) is 14.8. The predicted molar refractivity (Wildman–Crippen MR) is 124 cm³/mol. The zero-order valence-electron chi connectivity index (χ0n) is 16.6. The number of hydrazone groups is 1. The van der Waals surface area contributed by atoms with Gasteiger partial charge in [-0.25, -0.2) is 0 Å². The Morgan fingerprint density at radius 1 is 0.733 bits per heavy atom. The minimum atomic E-state index is 0.809. The topological polar surface area (TPSA) is 28.1 Å². The van der Waals surface area contributed by atoms with Gasteiger partial charge in [0, 0.05) is 12.7 Å². The fraction of sp³-hybridized carbons (Fsp3) is 0.0385. The Morgan fingerprint density at radius 3 is 2.20 bits per heavy atom. The number of nitrogens with zero attached hydrogens (tertiary/aromatic N) is 3. The molecule has 0 spiro atoms. The summed E-state index contributed by atoms with van der Waals surface area (Å²) in [6.07, 6.45) is 1.85. The molecular formula is C26H21N3O. The molecule has 5 rings (SSSR count). The van der Waals surface area contributed by atoms with Gasteiger partial charge in [-0.2, -0.15) is 5.10 Å². The van der Waals surface area contributed by atoms with Crippen molar-refractivity contribution in [2.24, 2.45) is 5.10 Å². The van der Waals surface area contributed by atoms with Crippen molar-refractivity contribution in [3.63, 3.8) is 0 Å². The summed E-state index contributed by atoms with van der Waals surface area (Å²) in [4.78, 5) is 2.23. The summed E-state index contributed by atoms with van der Waals surface area (Å²) >= 11 is 0. The van der Waals surface area contributed by atoms with Gasteiger partial charge in [-0.3, -0.25) is 5.01 Å². The van der Waals surface area contributed by atoms with Crippen LogP contribution in [-0.4, -0.2) is 13.3 Å². The molecule has 0 atom stereocenters. The first-order valence-electron chi connectivity index (χ1n) is 9.88. The molecule has 4 nitrogen and oxygen atoms in total. The molecule has 0 bridgehead atoms. The maximum atomic E-state index is 6.24. The number of para-hydroxylation sites is 4. The lowest BCUT2D eigenvalue weighted by Crippen LogP contribution is -2.16. The van der Waals surface area contributed by atoms with Gasteiger partial charge in [-0.1, -0.05) is 54.6 Å². The van der Waals surface area contributed by atoms with Gasteiger partial charge in [0.25, 0.3) is 0 Å². The van der Waals surface area contributed by atoms with E-state index in [1.54, 1.807) is 0 Å². The van der Waals surface area contributed by atoms with Gasteiger partial charge in [0.1, 0.15) is 0 Å². The molecule has 0 fully saturated rings. The van der Waals surface area contributed by atoms with Gasteiger partial charge in [0.05, 0.1) is 23.3 Å². The summed E-state index contributed by atoms with van der Waals surface area (Å²) in [5.74, 6) is 1.65. The number of hydrogen-bond acceptors (Lipinski definition) is 4. The summed E-state index contributed by atoms with van der Waals surface area (Å²) in [5, 5.41) is 6.43. The first-order valence-corrected chi connectivity index (χ1v) is 9.88. The Morgan fingerprint density at radius 2 is 1.40 bits per heavy atom. The van der Waals surface area contributed by atoms with Crippen molar-refractivity contribution in [1.29, 1.82) is 0 Å². The van der Waals surface area contributed by atoms with Crippen LogP contribution in [0.3, 0.4) is 0 Å². The molecule has 0 unspecified atom stereocenters. The lowest BCUT2D eigenvalue weighted by atomic mass is 10.1. The largest absolute Gasteiger partial charge is 0.453 e. The van der Waals surface area contributed by atoms with E-state index in [9.17, 15) is 0 Å². The second kappa shape index (κ2) is 7.76. The van der Waals surface area contributed by atoms with Crippen molar-refractivity contribution in [1.82, 2.24) is 0 Å². The highest BCUT2D eigenvalue weighted by Crippen LogP contribution is 2.50. The van der Waals surface area contributed by atoms with Crippen LogP contribution in [-0.2, 0) is 0 Å². The number of hydrogen-bond donors (Lipinski definition) is 0. The SMILES string of the molecule is CN(N=Cc1ccc2c(c1)Oc1ccccc1N2c1ccccc1)c1ccccc1. The Bertz CT molecular complexity index is 1190. The fourth-order valence-electron chi connectivity index (χ4n) is 3.57. The Balaban J connectivity index is 1.50. The van der Waals surface area contributed by atoms with Gasteiger partial charge in [-0.05, 0) is 54.1 Å². The van der Waals surface area contributed by atoms with Crippen LogP contribution >= 0.6 is 0 Å². The molecule has 1 heterocycles. The minimum absolute atomic E-state index is 0.809. The molecule has 0 N–H and O–H groups in total. The highest BCUT2D eigenvalue weighted by molar-refractivity contribution is 5.89. The van der Waals surface area contributed by atoms with Gasteiger partial charge in [0.2, 0.25) is 0 Å². The third-order valence-corrected chi connectivity index (χ3v) is 5.08. The molecular weight excluding hydrogens is 370 g/mol. The van der Waals surface area contributed by atoms with Crippen LogP contribution in [0.4, 0.5) is 22.7 Å². The Hall–Kier alpha value is -4.05. The molecule has 4 aromatic rings. The van der Waals surface area contributed by atoms with E-state index < -0.39 is 0 Å². The summed E-state index contributed by atoms with van der Waals surface area (Å²) in [5.41, 5.74) is 5.14. The molecule has 4 heteroatoms. The van der Waals surface area contributed by atoms with E-state index in [0.29, 0.717) is 0 Å². The summed E-state index contributed by atoms with van der Waals surface area (Å²) in [6, 6.07) is 34.7. The predicted octanol–water partition coefficient (Wildman–Crippen LogP) is 6.73. The van der Waals surface area contributed by atoms with Crippen molar-refractivity contribution in [2.45, 2.75) is 0 Å². The molecule has 4 aromatic carbocycles. The Kier molecular flexibility index (Phi) is 4.66. The van der Waals surface area contributed by atoms with Crippen LogP contribution in [0.2, 0.25) is 0 Å². The van der Waals surface area contributed by atoms with Crippen LogP contribution in [0.15, 0.2) is 108 Å². The van der Waals surface area contributed by atoms with Crippen molar-refractivity contribution in [2.75, 3.05) is 17.0 Å². The third kappa shape index (κ3) is 3.40. The quantitative estimate of drug-likeness (QED) is 0.251. The highest BCUT2D eigenvalue weighted by Gasteiger charge is 2.25. The average Bonchev–Trinajstić information content (AvgIpc) is 2.82. The smallest absolute Gasteiger partial charge is 0.152 e. The molecule has 0 saturated carbocycles. The van der Waals surface area contributed by atoms with E-state index in [-0.39, 0.29) is 0 Å². The summed E-state index contributed by atoms with van der Waals surface area (Å²) in [7, 11) is 1.94. The average molecular weight is 391 g/mol. The molecule has 146 valence electrons.